The van der Waals surface area contributed by atoms with Gasteiger partial charge in [0.05, 0.1) is 11.4 Å². The zero-order valence-electron chi connectivity index (χ0n) is 10.7. The van der Waals surface area contributed by atoms with Crippen molar-refractivity contribution in [3.63, 3.8) is 0 Å². The summed E-state index contributed by atoms with van der Waals surface area (Å²) in [4.78, 5) is 11.8. The zero-order valence-corrected chi connectivity index (χ0v) is 11.5. The number of benzene rings is 1. The molecule has 0 bridgehead atoms. The Balaban J connectivity index is 1.88. The third-order valence-electron chi connectivity index (χ3n) is 3.83. The third kappa shape index (κ3) is 2.52. The smallest absolute Gasteiger partial charge is 0.235 e. The van der Waals surface area contributed by atoms with E-state index in [1.807, 2.05) is 0 Å². The normalized spacial score (nSPS) is 19.4. The topological polar surface area (TPSA) is 54.5 Å². The number of fused-ring (bicyclic) bond motifs is 1. The van der Waals surface area contributed by atoms with Crippen LogP contribution < -0.4 is 4.31 Å². The fourth-order valence-corrected chi connectivity index (χ4v) is 4.19. The van der Waals surface area contributed by atoms with Gasteiger partial charge in [0.1, 0.15) is 0 Å². The second-order valence-electron chi connectivity index (χ2n) is 5.31. The molecule has 0 saturated heterocycles. The van der Waals surface area contributed by atoms with Gasteiger partial charge in [0.15, 0.2) is 5.78 Å². The van der Waals surface area contributed by atoms with Crippen molar-refractivity contribution in [3.8, 4) is 0 Å². The van der Waals surface area contributed by atoms with Crippen LogP contribution >= 0.6 is 0 Å². The summed E-state index contributed by atoms with van der Waals surface area (Å²) < 4.78 is 26.2. The molecule has 0 radical (unpaired) electrons. The second kappa shape index (κ2) is 4.63. The van der Waals surface area contributed by atoms with Crippen molar-refractivity contribution in [2.45, 2.75) is 25.7 Å². The molecule has 1 aliphatic heterocycles. The number of hydrogen-bond donors (Lipinski definition) is 0. The van der Waals surface area contributed by atoms with Gasteiger partial charge in [0.25, 0.3) is 0 Å². The quantitative estimate of drug-likeness (QED) is 0.849. The molecule has 1 saturated carbocycles. The van der Waals surface area contributed by atoms with E-state index in [2.05, 4.69) is 0 Å². The lowest BCUT2D eigenvalue weighted by Crippen LogP contribution is -2.38. The van der Waals surface area contributed by atoms with Crippen LogP contribution in [0.2, 0.25) is 0 Å². The molecule has 0 aromatic heterocycles. The van der Waals surface area contributed by atoms with E-state index in [1.54, 1.807) is 24.3 Å². The number of carbonyl (C=O) groups excluding carboxylic acids is 1. The summed E-state index contributed by atoms with van der Waals surface area (Å²) >= 11 is 0. The van der Waals surface area contributed by atoms with Crippen LogP contribution in [0.15, 0.2) is 24.3 Å². The lowest BCUT2D eigenvalue weighted by molar-refractivity contribution is 0.0982. The minimum Gasteiger partial charge on any atom is -0.294 e. The van der Waals surface area contributed by atoms with Gasteiger partial charge in [-0.1, -0.05) is 25.0 Å². The van der Waals surface area contributed by atoms with Crippen LogP contribution in [-0.4, -0.2) is 26.5 Å². The number of sulfonamides is 1. The Kier molecular flexibility index (Phi) is 3.09. The lowest BCUT2D eigenvalue weighted by Gasteiger charge is -2.29. The van der Waals surface area contributed by atoms with E-state index in [1.165, 1.54) is 4.31 Å². The van der Waals surface area contributed by atoms with E-state index >= 15 is 0 Å². The average molecular weight is 279 g/mol. The SMILES string of the molecule is O=C1CCN(S(=O)(=O)CCC2CC2)c2ccccc21. The molecular weight excluding hydrogens is 262 g/mol. The molecule has 0 amide bonds. The van der Waals surface area contributed by atoms with Gasteiger partial charge in [-0.15, -0.1) is 0 Å². The first kappa shape index (κ1) is 12.7. The van der Waals surface area contributed by atoms with Crippen molar-refractivity contribution in [3.05, 3.63) is 29.8 Å². The van der Waals surface area contributed by atoms with Crippen LogP contribution in [0.1, 0.15) is 36.0 Å². The van der Waals surface area contributed by atoms with Gasteiger partial charge in [0.2, 0.25) is 10.0 Å². The van der Waals surface area contributed by atoms with Gasteiger partial charge in [-0.25, -0.2) is 8.42 Å². The number of Topliss-reactive ketones (excluding diaryl/α,β-unsaturated/α-hetero) is 1. The molecule has 5 heteroatoms. The molecule has 19 heavy (non-hydrogen) atoms. The Hall–Kier alpha value is -1.36. The van der Waals surface area contributed by atoms with Crippen molar-refractivity contribution in [1.82, 2.24) is 0 Å². The number of hydrogen-bond acceptors (Lipinski definition) is 3. The maximum absolute atomic E-state index is 12.4. The van der Waals surface area contributed by atoms with Crippen LogP contribution in [0.4, 0.5) is 5.69 Å². The fourth-order valence-electron chi connectivity index (χ4n) is 2.51. The number of anilines is 1. The van der Waals surface area contributed by atoms with Gasteiger partial charge in [-0.3, -0.25) is 9.10 Å². The van der Waals surface area contributed by atoms with Crippen molar-refractivity contribution in [2.75, 3.05) is 16.6 Å². The summed E-state index contributed by atoms with van der Waals surface area (Å²) in [7, 11) is -3.29. The van der Waals surface area contributed by atoms with Gasteiger partial charge in [-0.05, 0) is 24.5 Å². The number of rotatable bonds is 4. The lowest BCUT2D eigenvalue weighted by atomic mass is 10.0. The molecule has 0 N–H and O–H groups in total. The minimum atomic E-state index is -3.29. The first-order valence-corrected chi connectivity index (χ1v) is 8.31. The number of para-hydroxylation sites is 1. The molecule has 4 nitrogen and oxygen atoms in total. The predicted octanol–water partition coefficient (Wildman–Crippen LogP) is 2.21. The maximum atomic E-state index is 12.4. The first-order valence-electron chi connectivity index (χ1n) is 6.70. The second-order valence-corrected chi connectivity index (χ2v) is 7.32. The molecule has 102 valence electrons. The summed E-state index contributed by atoms with van der Waals surface area (Å²) in [6.45, 7) is 0.281. The Morgan fingerprint density at radius 3 is 2.68 bits per heavy atom. The molecule has 3 rings (SSSR count). The zero-order chi connectivity index (χ0) is 13.5. The monoisotopic (exact) mass is 279 g/mol. The van der Waals surface area contributed by atoms with E-state index < -0.39 is 10.0 Å². The predicted molar refractivity (Wildman–Crippen MR) is 73.9 cm³/mol. The molecule has 1 aromatic rings. The fraction of sp³-hybridized carbons (Fsp3) is 0.500. The Bertz CT molecular complexity index is 605. The van der Waals surface area contributed by atoms with E-state index in [4.69, 9.17) is 0 Å². The van der Waals surface area contributed by atoms with E-state index in [0.29, 0.717) is 17.2 Å². The largest absolute Gasteiger partial charge is 0.294 e. The first-order chi connectivity index (χ1) is 9.08. The van der Waals surface area contributed by atoms with Gasteiger partial charge in [0, 0.05) is 18.5 Å². The highest BCUT2D eigenvalue weighted by atomic mass is 32.2. The molecule has 0 unspecified atom stereocenters. The van der Waals surface area contributed by atoms with Crippen LogP contribution in [0.25, 0.3) is 0 Å². The van der Waals surface area contributed by atoms with Gasteiger partial charge < -0.3 is 0 Å². The van der Waals surface area contributed by atoms with Gasteiger partial charge in [-0.2, -0.15) is 0 Å². The van der Waals surface area contributed by atoms with E-state index in [0.717, 1.165) is 19.3 Å². The Labute approximate surface area is 113 Å². The Morgan fingerprint density at radius 2 is 1.95 bits per heavy atom. The summed E-state index contributed by atoms with van der Waals surface area (Å²) in [5, 5.41) is 0. The molecule has 1 fully saturated rings. The highest BCUT2D eigenvalue weighted by Gasteiger charge is 2.32. The van der Waals surface area contributed by atoms with Crippen molar-refractivity contribution in [1.29, 1.82) is 0 Å². The third-order valence-corrected chi connectivity index (χ3v) is 5.63. The van der Waals surface area contributed by atoms with Crippen molar-refractivity contribution < 1.29 is 13.2 Å². The van der Waals surface area contributed by atoms with E-state index in [9.17, 15) is 13.2 Å². The Morgan fingerprint density at radius 1 is 1.21 bits per heavy atom. The van der Waals surface area contributed by atoms with Crippen LogP contribution in [0.3, 0.4) is 0 Å². The van der Waals surface area contributed by atoms with Crippen LogP contribution in [-0.2, 0) is 10.0 Å². The molecule has 2 aliphatic rings. The van der Waals surface area contributed by atoms with Crippen LogP contribution in [0, 0.1) is 5.92 Å². The molecule has 1 aliphatic carbocycles. The summed E-state index contributed by atoms with van der Waals surface area (Å²) in [5.74, 6) is 0.820. The van der Waals surface area contributed by atoms with Gasteiger partial charge >= 0.3 is 0 Å². The van der Waals surface area contributed by atoms with E-state index in [-0.39, 0.29) is 24.5 Å². The van der Waals surface area contributed by atoms with Crippen LogP contribution in [0.5, 0.6) is 0 Å². The molecule has 0 atom stereocenters. The number of nitrogens with zero attached hydrogens (tertiary/aromatic N) is 1. The highest BCUT2D eigenvalue weighted by Crippen LogP contribution is 2.34. The number of carbonyl (C=O) groups is 1. The molecule has 1 heterocycles. The average Bonchev–Trinajstić information content (AvgIpc) is 3.21. The summed E-state index contributed by atoms with van der Waals surface area (Å²) in [6, 6.07) is 6.99. The highest BCUT2D eigenvalue weighted by molar-refractivity contribution is 7.92. The molecular formula is C14H17NO3S. The van der Waals surface area contributed by atoms with Crippen molar-refractivity contribution in [2.24, 2.45) is 5.92 Å². The summed E-state index contributed by atoms with van der Waals surface area (Å²) in [6.07, 6.45) is 3.34. The number of ketones is 1. The summed E-state index contributed by atoms with van der Waals surface area (Å²) in [5.41, 5.74) is 1.08. The van der Waals surface area contributed by atoms with Crippen molar-refractivity contribution >= 4 is 21.5 Å². The standard InChI is InChI=1S/C14H17NO3S/c16-14-7-9-15(13-4-2-1-3-12(13)14)19(17,18)10-8-11-5-6-11/h1-4,11H,5-10H2. The molecule has 1 aromatic carbocycles. The maximum Gasteiger partial charge on any atom is 0.235 e. The minimum absolute atomic E-state index is 0.0317. The molecule has 0 spiro atoms.